The highest BCUT2D eigenvalue weighted by Gasteiger charge is 2.24. The average molecular weight is 310 g/mol. The van der Waals surface area contributed by atoms with Gasteiger partial charge in [-0.2, -0.15) is 10.4 Å². The number of hydrogen-bond acceptors (Lipinski definition) is 4. The van der Waals surface area contributed by atoms with Crippen molar-refractivity contribution in [2.24, 2.45) is 4.99 Å². The van der Waals surface area contributed by atoms with Crippen LogP contribution in [0.5, 0.6) is 0 Å². The molecule has 0 spiro atoms. The van der Waals surface area contributed by atoms with Gasteiger partial charge in [-0.3, -0.25) is 4.99 Å². The van der Waals surface area contributed by atoms with Gasteiger partial charge in [-0.05, 0) is 45.9 Å². The van der Waals surface area contributed by atoms with E-state index in [2.05, 4.69) is 46.8 Å². The third-order valence-corrected chi connectivity index (χ3v) is 3.76. The molecule has 0 aliphatic heterocycles. The van der Waals surface area contributed by atoms with Gasteiger partial charge in [-0.25, -0.2) is 9.67 Å². The Morgan fingerprint density at radius 2 is 2.04 bits per heavy atom. The van der Waals surface area contributed by atoms with Crippen molar-refractivity contribution in [2.45, 2.75) is 33.2 Å². The lowest BCUT2D eigenvalue weighted by atomic mass is 10.0. The minimum absolute atomic E-state index is 0.104. The van der Waals surface area contributed by atoms with Crippen LogP contribution in [0.25, 0.3) is 5.69 Å². The van der Waals surface area contributed by atoms with Crippen LogP contribution in [0.2, 0.25) is 0 Å². The molecule has 6 heteroatoms. The van der Waals surface area contributed by atoms with Crippen molar-refractivity contribution >= 4 is 5.84 Å². The minimum Gasteiger partial charge on any atom is -0.355 e. The Morgan fingerprint density at radius 1 is 1.35 bits per heavy atom. The Balaban J connectivity index is 2.66. The summed E-state index contributed by atoms with van der Waals surface area (Å²) in [5, 5.41) is 13.6. The lowest BCUT2D eigenvalue weighted by Gasteiger charge is -2.35. The van der Waals surface area contributed by atoms with Gasteiger partial charge in [0.05, 0.1) is 17.3 Å². The number of aryl methyl sites for hydroxylation is 1. The first-order chi connectivity index (χ1) is 10.8. The van der Waals surface area contributed by atoms with E-state index in [0.717, 1.165) is 17.1 Å². The summed E-state index contributed by atoms with van der Waals surface area (Å²) >= 11 is 0. The first-order valence-corrected chi connectivity index (χ1v) is 7.41. The van der Waals surface area contributed by atoms with Gasteiger partial charge in [0, 0.05) is 25.2 Å². The number of nitrogens with zero attached hydrogens (tertiary/aromatic N) is 6. The Hall–Kier alpha value is -2.68. The van der Waals surface area contributed by atoms with Crippen molar-refractivity contribution in [3.8, 4) is 11.8 Å². The molecule has 2 aromatic rings. The number of rotatable bonds is 2. The second-order valence-corrected chi connectivity index (χ2v) is 6.36. The fraction of sp³-hybridized carbons (Fsp3) is 0.412. The molecule has 0 radical (unpaired) electrons. The van der Waals surface area contributed by atoms with Gasteiger partial charge in [0.2, 0.25) is 0 Å². The normalized spacial score (nSPS) is 12.1. The van der Waals surface area contributed by atoms with Gasteiger partial charge in [-0.1, -0.05) is 0 Å². The summed E-state index contributed by atoms with van der Waals surface area (Å²) in [6, 6.07) is 7.69. The Morgan fingerprint density at radius 3 is 2.52 bits per heavy atom. The fourth-order valence-electron chi connectivity index (χ4n) is 2.22. The molecule has 0 N–H and O–H groups in total. The zero-order valence-electron chi connectivity index (χ0n) is 14.5. The van der Waals surface area contributed by atoms with E-state index in [9.17, 15) is 5.26 Å². The van der Waals surface area contributed by atoms with Gasteiger partial charge in [0.25, 0.3) is 0 Å². The van der Waals surface area contributed by atoms with Gasteiger partial charge in [0.15, 0.2) is 0 Å². The SMILES string of the molecule is CN=C(c1cc(C#N)ccc1-n1cnc(C)n1)N(C)C(C)(C)C. The summed E-state index contributed by atoms with van der Waals surface area (Å²) < 4.78 is 1.72. The molecule has 0 aliphatic rings. The van der Waals surface area contributed by atoms with Crippen LogP contribution in [0.3, 0.4) is 0 Å². The molecule has 2 rings (SSSR count). The van der Waals surface area contributed by atoms with Crippen LogP contribution in [0.4, 0.5) is 0 Å². The fourth-order valence-corrected chi connectivity index (χ4v) is 2.22. The largest absolute Gasteiger partial charge is 0.355 e. The molecule has 0 atom stereocenters. The molecule has 0 amide bonds. The van der Waals surface area contributed by atoms with Crippen LogP contribution in [-0.4, -0.2) is 45.1 Å². The van der Waals surface area contributed by atoms with Gasteiger partial charge in [-0.15, -0.1) is 0 Å². The summed E-state index contributed by atoms with van der Waals surface area (Å²) in [7, 11) is 3.75. The molecule has 0 saturated heterocycles. The number of amidine groups is 1. The summed E-state index contributed by atoms with van der Waals surface area (Å²) in [5.41, 5.74) is 2.19. The average Bonchev–Trinajstić information content (AvgIpc) is 2.93. The predicted molar refractivity (Wildman–Crippen MR) is 90.8 cm³/mol. The lowest BCUT2D eigenvalue weighted by Crippen LogP contribution is -2.43. The number of aliphatic imine (C=N–C) groups is 1. The van der Waals surface area contributed by atoms with Crippen molar-refractivity contribution in [3.05, 3.63) is 41.5 Å². The van der Waals surface area contributed by atoms with E-state index in [4.69, 9.17) is 0 Å². The molecular weight excluding hydrogens is 288 g/mol. The zero-order valence-corrected chi connectivity index (χ0v) is 14.5. The Kier molecular flexibility index (Phi) is 4.50. The molecule has 1 aromatic heterocycles. The molecule has 6 nitrogen and oxygen atoms in total. The highest BCUT2D eigenvalue weighted by Crippen LogP contribution is 2.22. The van der Waals surface area contributed by atoms with E-state index in [0.29, 0.717) is 11.4 Å². The maximum absolute atomic E-state index is 9.24. The van der Waals surface area contributed by atoms with Crippen LogP contribution in [0.1, 0.15) is 37.7 Å². The molecule has 120 valence electrons. The third-order valence-electron chi connectivity index (χ3n) is 3.76. The van der Waals surface area contributed by atoms with Crippen molar-refractivity contribution in [1.29, 1.82) is 5.26 Å². The Bertz CT molecular complexity index is 773. The van der Waals surface area contributed by atoms with E-state index in [1.54, 1.807) is 24.1 Å². The van der Waals surface area contributed by atoms with Gasteiger partial charge >= 0.3 is 0 Å². The highest BCUT2D eigenvalue weighted by atomic mass is 15.3. The van der Waals surface area contributed by atoms with Gasteiger partial charge < -0.3 is 4.90 Å². The second-order valence-electron chi connectivity index (χ2n) is 6.36. The Labute approximate surface area is 137 Å². The summed E-state index contributed by atoms with van der Waals surface area (Å²) in [6.07, 6.45) is 1.67. The first kappa shape index (κ1) is 16.7. The smallest absolute Gasteiger partial charge is 0.147 e. The maximum Gasteiger partial charge on any atom is 0.147 e. The minimum atomic E-state index is -0.104. The van der Waals surface area contributed by atoms with E-state index in [1.165, 1.54) is 0 Å². The van der Waals surface area contributed by atoms with E-state index >= 15 is 0 Å². The molecule has 0 unspecified atom stereocenters. The number of benzene rings is 1. The number of nitriles is 1. The highest BCUT2D eigenvalue weighted by molar-refractivity contribution is 6.02. The molecule has 1 heterocycles. The maximum atomic E-state index is 9.24. The van der Waals surface area contributed by atoms with Crippen molar-refractivity contribution < 1.29 is 0 Å². The number of aromatic nitrogens is 3. The molecule has 0 aliphatic carbocycles. The molecule has 0 bridgehead atoms. The second kappa shape index (κ2) is 6.21. The van der Waals surface area contributed by atoms with E-state index < -0.39 is 0 Å². The van der Waals surface area contributed by atoms with E-state index in [1.807, 2.05) is 26.1 Å². The summed E-state index contributed by atoms with van der Waals surface area (Å²) in [4.78, 5) is 10.7. The van der Waals surface area contributed by atoms with Crippen LogP contribution >= 0.6 is 0 Å². The van der Waals surface area contributed by atoms with Crippen LogP contribution in [0, 0.1) is 18.3 Å². The first-order valence-electron chi connectivity index (χ1n) is 7.41. The van der Waals surface area contributed by atoms with Crippen molar-refractivity contribution in [1.82, 2.24) is 19.7 Å². The van der Waals surface area contributed by atoms with Crippen molar-refractivity contribution in [2.75, 3.05) is 14.1 Å². The molecule has 23 heavy (non-hydrogen) atoms. The monoisotopic (exact) mass is 310 g/mol. The lowest BCUT2D eigenvalue weighted by molar-refractivity contribution is 0.282. The molecule has 0 saturated carbocycles. The van der Waals surface area contributed by atoms with Crippen molar-refractivity contribution in [3.63, 3.8) is 0 Å². The standard InChI is InChI=1S/C17H22N6/c1-12-20-11-23(21-12)15-8-7-13(10-18)9-14(15)16(19-5)22(6)17(2,3)4/h7-9,11H,1-6H3. The number of hydrogen-bond donors (Lipinski definition) is 0. The topological polar surface area (TPSA) is 70.1 Å². The zero-order chi connectivity index (χ0) is 17.2. The van der Waals surface area contributed by atoms with Gasteiger partial charge in [0.1, 0.15) is 18.0 Å². The molecule has 0 fully saturated rings. The van der Waals surface area contributed by atoms with Crippen LogP contribution < -0.4 is 0 Å². The third kappa shape index (κ3) is 3.39. The molecular formula is C17H22N6. The van der Waals surface area contributed by atoms with Crippen LogP contribution in [0.15, 0.2) is 29.5 Å². The summed E-state index contributed by atoms with van der Waals surface area (Å²) in [6.45, 7) is 8.19. The predicted octanol–water partition coefficient (Wildman–Crippen LogP) is 2.55. The quantitative estimate of drug-likeness (QED) is 0.631. The summed E-state index contributed by atoms with van der Waals surface area (Å²) in [5.74, 6) is 1.50. The van der Waals surface area contributed by atoms with E-state index in [-0.39, 0.29) is 5.54 Å². The molecule has 1 aromatic carbocycles. The van der Waals surface area contributed by atoms with Crippen LogP contribution in [-0.2, 0) is 0 Å².